The molecule has 0 fully saturated rings. The minimum absolute atomic E-state index is 0.161. The normalized spacial score (nSPS) is 10.7. The van der Waals surface area contributed by atoms with Crippen molar-refractivity contribution in [2.75, 3.05) is 12.3 Å². The summed E-state index contributed by atoms with van der Waals surface area (Å²) in [4.78, 5) is 12.5. The zero-order valence-electron chi connectivity index (χ0n) is 14.3. The maximum atomic E-state index is 13.8. The Labute approximate surface area is 155 Å². The van der Waals surface area contributed by atoms with Crippen LogP contribution in [0.25, 0.3) is 0 Å². The van der Waals surface area contributed by atoms with E-state index in [1.54, 1.807) is 19.1 Å². The second-order valence-electron chi connectivity index (χ2n) is 5.96. The molecular formula is C19H19FN4OS. The quantitative estimate of drug-likeness (QED) is 0.698. The third-order valence-electron chi connectivity index (χ3n) is 4.00. The maximum Gasteiger partial charge on any atom is 0.251 e. The van der Waals surface area contributed by atoms with Crippen LogP contribution in [0.2, 0.25) is 0 Å². The van der Waals surface area contributed by atoms with E-state index in [-0.39, 0.29) is 11.7 Å². The number of hydrogen-bond donors (Lipinski definition) is 2. The molecule has 0 aliphatic carbocycles. The number of nitrogens with zero attached hydrogens (tertiary/aromatic N) is 2. The molecule has 1 aromatic heterocycles. The average molecular weight is 370 g/mol. The molecule has 0 aliphatic heterocycles. The Morgan fingerprint density at radius 3 is 2.77 bits per heavy atom. The summed E-state index contributed by atoms with van der Waals surface area (Å²) < 4.78 is 13.8. The SMILES string of the molecule is Cc1ccc(Cc2ccccc2C(=O)NCCc2nnc(N)s2)cc1F. The molecule has 134 valence electrons. The summed E-state index contributed by atoms with van der Waals surface area (Å²) in [7, 11) is 0. The molecule has 3 N–H and O–H groups in total. The highest BCUT2D eigenvalue weighted by molar-refractivity contribution is 7.15. The van der Waals surface area contributed by atoms with Crippen LogP contribution in [0.3, 0.4) is 0 Å². The zero-order chi connectivity index (χ0) is 18.5. The molecule has 1 heterocycles. The molecule has 3 aromatic rings. The van der Waals surface area contributed by atoms with Gasteiger partial charge in [0.25, 0.3) is 5.91 Å². The van der Waals surface area contributed by atoms with Crippen LogP contribution in [0.5, 0.6) is 0 Å². The summed E-state index contributed by atoms with van der Waals surface area (Å²) in [5, 5.41) is 11.8. The van der Waals surface area contributed by atoms with Crippen LogP contribution in [0.1, 0.15) is 32.1 Å². The van der Waals surface area contributed by atoms with Crippen molar-refractivity contribution < 1.29 is 9.18 Å². The van der Waals surface area contributed by atoms with Crippen molar-refractivity contribution in [3.8, 4) is 0 Å². The second kappa shape index (κ2) is 8.05. The van der Waals surface area contributed by atoms with Gasteiger partial charge in [0.1, 0.15) is 10.8 Å². The Morgan fingerprint density at radius 2 is 2.04 bits per heavy atom. The molecule has 0 saturated carbocycles. The lowest BCUT2D eigenvalue weighted by Gasteiger charge is -2.10. The Kier molecular flexibility index (Phi) is 5.58. The van der Waals surface area contributed by atoms with Crippen molar-refractivity contribution in [3.05, 3.63) is 75.5 Å². The van der Waals surface area contributed by atoms with Gasteiger partial charge in [0.15, 0.2) is 0 Å². The summed E-state index contributed by atoms with van der Waals surface area (Å²) in [6.07, 6.45) is 1.07. The van der Waals surface area contributed by atoms with Crippen LogP contribution in [-0.4, -0.2) is 22.6 Å². The summed E-state index contributed by atoms with van der Waals surface area (Å²) in [5.74, 6) is -0.397. The van der Waals surface area contributed by atoms with E-state index in [9.17, 15) is 9.18 Å². The van der Waals surface area contributed by atoms with Crippen LogP contribution >= 0.6 is 11.3 Å². The molecular weight excluding hydrogens is 351 g/mol. The summed E-state index contributed by atoms with van der Waals surface area (Å²) >= 11 is 1.31. The predicted molar refractivity (Wildman–Crippen MR) is 101 cm³/mol. The second-order valence-corrected chi connectivity index (χ2v) is 7.05. The maximum absolute atomic E-state index is 13.8. The number of hydrogen-bond acceptors (Lipinski definition) is 5. The fraction of sp³-hybridized carbons (Fsp3) is 0.211. The molecule has 0 aliphatic rings. The molecule has 0 radical (unpaired) electrons. The summed E-state index contributed by atoms with van der Waals surface area (Å²) in [5.41, 5.74) is 8.43. The highest BCUT2D eigenvalue weighted by Crippen LogP contribution is 2.17. The predicted octanol–water partition coefficient (Wildman–Crippen LogP) is 3.13. The van der Waals surface area contributed by atoms with Gasteiger partial charge in [0.05, 0.1) is 0 Å². The number of amides is 1. The largest absolute Gasteiger partial charge is 0.374 e. The lowest BCUT2D eigenvalue weighted by atomic mass is 9.98. The van der Waals surface area contributed by atoms with Gasteiger partial charge in [-0.2, -0.15) is 0 Å². The van der Waals surface area contributed by atoms with E-state index >= 15 is 0 Å². The van der Waals surface area contributed by atoms with Crippen LogP contribution < -0.4 is 11.1 Å². The molecule has 5 nitrogen and oxygen atoms in total. The van der Waals surface area contributed by atoms with Crippen LogP contribution in [0, 0.1) is 12.7 Å². The van der Waals surface area contributed by atoms with E-state index in [4.69, 9.17) is 5.73 Å². The van der Waals surface area contributed by atoms with Gasteiger partial charge in [-0.1, -0.05) is 41.7 Å². The number of aromatic nitrogens is 2. The topological polar surface area (TPSA) is 80.9 Å². The first-order chi connectivity index (χ1) is 12.5. The fourth-order valence-corrected chi connectivity index (χ4v) is 3.22. The first-order valence-electron chi connectivity index (χ1n) is 8.22. The number of benzene rings is 2. The zero-order valence-corrected chi connectivity index (χ0v) is 15.1. The molecule has 0 spiro atoms. The third kappa shape index (κ3) is 4.43. The molecule has 1 amide bonds. The van der Waals surface area contributed by atoms with Crippen molar-refractivity contribution in [2.24, 2.45) is 0 Å². The molecule has 0 bridgehead atoms. The highest BCUT2D eigenvalue weighted by atomic mass is 32.1. The molecule has 3 rings (SSSR count). The number of rotatable bonds is 6. The number of carbonyl (C=O) groups is 1. The number of aryl methyl sites for hydroxylation is 1. The van der Waals surface area contributed by atoms with Gasteiger partial charge >= 0.3 is 0 Å². The van der Waals surface area contributed by atoms with Crippen LogP contribution in [0.15, 0.2) is 42.5 Å². The van der Waals surface area contributed by atoms with Gasteiger partial charge in [0, 0.05) is 18.5 Å². The van der Waals surface area contributed by atoms with Crippen molar-refractivity contribution in [2.45, 2.75) is 19.8 Å². The molecule has 2 aromatic carbocycles. The number of nitrogen functional groups attached to an aromatic ring is 1. The van der Waals surface area contributed by atoms with Crippen molar-refractivity contribution >= 4 is 22.4 Å². The van der Waals surface area contributed by atoms with E-state index in [0.29, 0.717) is 35.6 Å². The summed E-state index contributed by atoms with van der Waals surface area (Å²) in [6, 6.07) is 12.5. The van der Waals surface area contributed by atoms with Crippen LogP contribution in [-0.2, 0) is 12.8 Å². The van der Waals surface area contributed by atoms with E-state index in [1.807, 2.05) is 24.3 Å². The Morgan fingerprint density at radius 1 is 1.23 bits per heavy atom. The molecule has 26 heavy (non-hydrogen) atoms. The van der Waals surface area contributed by atoms with Gasteiger partial charge < -0.3 is 11.1 Å². The third-order valence-corrected chi connectivity index (χ3v) is 4.81. The first-order valence-corrected chi connectivity index (χ1v) is 9.03. The number of nitrogens with one attached hydrogen (secondary N) is 1. The van der Waals surface area contributed by atoms with E-state index < -0.39 is 0 Å². The molecule has 0 unspecified atom stereocenters. The monoisotopic (exact) mass is 370 g/mol. The standard InChI is InChI=1S/C19H19FN4OS/c1-12-6-7-13(11-16(12)20)10-14-4-2-3-5-15(14)18(25)22-9-8-17-23-24-19(21)26-17/h2-7,11H,8-10H2,1H3,(H2,21,24)(H,22,25). The minimum Gasteiger partial charge on any atom is -0.374 e. The number of carbonyl (C=O) groups excluding carboxylic acids is 1. The number of nitrogens with two attached hydrogens (primary N) is 1. The van der Waals surface area contributed by atoms with Crippen molar-refractivity contribution in [1.29, 1.82) is 0 Å². The van der Waals surface area contributed by atoms with Gasteiger partial charge in [-0.15, -0.1) is 10.2 Å². The smallest absolute Gasteiger partial charge is 0.251 e. The van der Waals surface area contributed by atoms with Crippen molar-refractivity contribution in [1.82, 2.24) is 15.5 Å². The summed E-state index contributed by atoms with van der Waals surface area (Å²) in [6.45, 7) is 2.17. The average Bonchev–Trinajstić information content (AvgIpc) is 3.04. The molecule has 7 heteroatoms. The van der Waals surface area contributed by atoms with E-state index in [1.165, 1.54) is 17.4 Å². The lowest BCUT2D eigenvalue weighted by molar-refractivity contribution is 0.0953. The number of anilines is 1. The Hall–Kier alpha value is -2.80. The minimum atomic E-state index is -0.235. The molecule has 0 atom stereocenters. The van der Waals surface area contributed by atoms with Gasteiger partial charge in [-0.05, 0) is 42.2 Å². The van der Waals surface area contributed by atoms with Crippen molar-refractivity contribution in [3.63, 3.8) is 0 Å². The highest BCUT2D eigenvalue weighted by Gasteiger charge is 2.12. The fourth-order valence-electron chi connectivity index (χ4n) is 2.61. The Balaban J connectivity index is 1.67. The van der Waals surface area contributed by atoms with Gasteiger partial charge in [-0.3, -0.25) is 4.79 Å². The first kappa shape index (κ1) is 18.0. The van der Waals surface area contributed by atoms with E-state index in [2.05, 4.69) is 15.5 Å². The van der Waals surface area contributed by atoms with Gasteiger partial charge in [-0.25, -0.2) is 4.39 Å². The Bertz CT molecular complexity index is 925. The van der Waals surface area contributed by atoms with E-state index in [0.717, 1.165) is 16.1 Å². The number of halogens is 1. The van der Waals surface area contributed by atoms with Crippen LogP contribution in [0.4, 0.5) is 9.52 Å². The lowest BCUT2D eigenvalue weighted by Crippen LogP contribution is -2.26. The van der Waals surface area contributed by atoms with Gasteiger partial charge in [0.2, 0.25) is 5.13 Å². The molecule has 0 saturated heterocycles.